The molecule has 6 nitrogen and oxygen atoms in total. The molecule has 0 radical (unpaired) electrons. The first-order valence-corrected chi connectivity index (χ1v) is 8.86. The summed E-state index contributed by atoms with van der Waals surface area (Å²) in [6, 6.07) is 10.9. The van der Waals surface area contributed by atoms with E-state index < -0.39 is 5.91 Å². The molecule has 2 N–H and O–H groups in total. The van der Waals surface area contributed by atoms with Crippen molar-refractivity contribution in [3.8, 4) is 11.6 Å². The van der Waals surface area contributed by atoms with Crippen LogP contribution >= 0.6 is 31.9 Å². The molecule has 0 aliphatic rings. The molecule has 1 aromatic heterocycles. The van der Waals surface area contributed by atoms with Crippen LogP contribution in [0.1, 0.15) is 5.56 Å². The SMILES string of the molecule is Cc1ccc(OCC(=O)N=Nc2c(O)[nH]c3c(Br)cc(Br)cc23)cc1. The number of nitrogens with one attached hydrogen (secondary N) is 1. The molecule has 0 aliphatic heterocycles. The fourth-order valence-electron chi connectivity index (χ4n) is 2.21. The van der Waals surface area contributed by atoms with Crippen LogP contribution in [0.2, 0.25) is 0 Å². The third-order valence-electron chi connectivity index (χ3n) is 3.42. The second-order valence-corrected chi connectivity index (χ2v) is 7.10. The van der Waals surface area contributed by atoms with Crippen LogP contribution in [0.4, 0.5) is 5.69 Å². The number of azo groups is 1. The van der Waals surface area contributed by atoms with Gasteiger partial charge in [-0.05, 0) is 47.1 Å². The molecule has 128 valence electrons. The Morgan fingerprint density at radius 1 is 1.24 bits per heavy atom. The van der Waals surface area contributed by atoms with Crippen LogP contribution < -0.4 is 4.74 Å². The average molecular weight is 467 g/mol. The predicted octanol–water partition coefficient (Wildman–Crippen LogP) is 5.40. The van der Waals surface area contributed by atoms with Gasteiger partial charge in [-0.1, -0.05) is 33.6 Å². The minimum absolute atomic E-state index is 0.162. The van der Waals surface area contributed by atoms with E-state index in [1.165, 1.54) is 0 Å². The fourth-order valence-corrected chi connectivity index (χ4v) is 3.53. The molecule has 0 atom stereocenters. The Kier molecular flexibility index (Phi) is 5.19. The number of carbonyl (C=O) groups excluding carboxylic acids is 1. The highest BCUT2D eigenvalue weighted by Gasteiger charge is 2.14. The first-order chi connectivity index (χ1) is 11.9. The van der Waals surface area contributed by atoms with Gasteiger partial charge < -0.3 is 14.8 Å². The lowest BCUT2D eigenvalue weighted by molar-refractivity contribution is -0.120. The second-order valence-electron chi connectivity index (χ2n) is 5.33. The third kappa shape index (κ3) is 4.08. The van der Waals surface area contributed by atoms with Crippen molar-refractivity contribution in [3.63, 3.8) is 0 Å². The lowest BCUT2D eigenvalue weighted by Crippen LogP contribution is -2.07. The number of rotatable bonds is 4. The maximum absolute atomic E-state index is 11.9. The summed E-state index contributed by atoms with van der Waals surface area (Å²) in [5, 5.41) is 18.1. The molecular formula is C17H13Br2N3O3. The third-order valence-corrected chi connectivity index (χ3v) is 4.51. The van der Waals surface area contributed by atoms with Crippen LogP contribution in [0.5, 0.6) is 11.6 Å². The summed E-state index contributed by atoms with van der Waals surface area (Å²) in [5.41, 5.74) is 1.96. The Hall–Kier alpha value is -2.19. The Balaban J connectivity index is 1.75. The van der Waals surface area contributed by atoms with Crippen molar-refractivity contribution in [2.24, 2.45) is 10.2 Å². The zero-order valence-electron chi connectivity index (χ0n) is 13.1. The van der Waals surface area contributed by atoms with E-state index in [-0.39, 0.29) is 18.2 Å². The van der Waals surface area contributed by atoms with Crippen LogP contribution in [0.15, 0.2) is 55.6 Å². The number of halogens is 2. The van der Waals surface area contributed by atoms with Gasteiger partial charge in [0.1, 0.15) is 5.75 Å². The number of H-pyrrole nitrogens is 1. The maximum atomic E-state index is 11.9. The Morgan fingerprint density at radius 3 is 2.68 bits per heavy atom. The van der Waals surface area contributed by atoms with E-state index in [0.717, 1.165) is 14.5 Å². The van der Waals surface area contributed by atoms with Crippen molar-refractivity contribution < 1.29 is 14.6 Å². The molecule has 3 rings (SSSR count). The molecule has 2 aromatic carbocycles. The van der Waals surface area contributed by atoms with Gasteiger partial charge in [-0.3, -0.25) is 4.79 Å². The number of aromatic hydroxyl groups is 1. The van der Waals surface area contributed by atoms with Crippen LogP contribution in [-0.4, -0.2) is 22.6 Å². The zero-order valence-corrected chi connectivity index (χ0v) is 16.3. The Morgan fingerprint density at radius 2 is 1.96 bits per heavy atom. The Bertz CT molecular complexity index is 965. The highest BCUT2D eigenvalue weighted by Crippen LogP contribution is 2.40. The highest BCUT2D eigenvalue weighted by molar-refractivity contribution is 9.11. The summed E-state index contributed by atoms with van der Waals surface area (Å²) in [5.74, 6) is -0.134. The fraction of sp³-hybridized carbons (Fsp3) is 0.118. The van der Waals surface area contributed by atoms with Crippen LogP contribution in [0.25, 0.3) is 10.9 Å². The van der Waals surface area contributed by atoms with Crippen molar-refractivity contribution in [1.82, 2.24) is 4.98 Å². The summed E-state index contributed by atoms with van der Waals surface area (Å²) < 4.78 is 6.91. The van der Waals surface area contributed by atoms with Gasteiger partial charge in [0.2, 0.25) is 5.88 Å². The van der Waals surface area contributed by atoms with Crippen molar-refractivity contribution in [2.45, 2.75) is 6.92 Å². The summed E-state index contributed by atoms with van der Waals surface area (Å²) in [7, 11) is 0. The number of ether oxygens (including phenoxy) is 1. The summed E-state index contributed by atoms with van der Waals surface area (Å²) >= 11 is 6.78. The molecule has 0 saturated heterocycles. The number of amides is 1. The number of benzene rings is 2. The highest BCUT2D eigenvalue weighted by atomic mass is 79.9. The zero-order chi connectivity index (χ0) is 18.0. The molecule has 8 heteroatoms. The number of fused-ring (bicyclic) bond motifs is 1. The summed E-state index contributed by atoms with van der Waals surface area (Å²) in [6.45, 7) is 1.73. The lowest BCUT2D eigenvalue weighted by atomic mass is 10.2. The van der Waals surface area contributed by atoms with Crippen molar-refractivity contribution >= 4 is 54.4 Å². The topological polar surface area (TPSA) is 87.0 Å². The van der Waals surface area contributed by atoms with Gasteiger partial charge in [0.05, 0.1) is 5.52 Å². The summed E-state index contributed by atoms with van der Waals surface area (Å²) in [6.07, 6.45) is 0. The van der Waals surface area contributed by atoms with Gasteiger partial charge in [-0.15, -0.1) is 10.2 Å². The molecule has 0 unspecified atom stereocenters. The van der Waals surface area contributed by atoms with Gasteiger partial charge in [0.15, 0.2) is 12.3 Å². The van der Waals surface area contributed by atoms with Gasteiger partial charge >= 0.3 is 5.91 Å². The molecule has 0 spiro atoms. The number of hydrogen-bond acceptors (Lipinski definition) is 4. The number of carbonyl (C=O) groups is 1. The van der Waals surface area contributed by atoms with Gasteiger partial charge in [0, 0.05) is 14.3 Å². The van der Waals surface area contributed by atoms with Crippen molar-refractivity contribution in [2.75, 3.05) is 6.61 Å². The molecule has 0 fully saturated rings. The molecule has 0 aliphatic carbocycles. The summed E-state index contributed by atoms with van der Waals surface area (Å²) in [4.78, 5) is 14.7. The first kappa shape index (κ1) is 17.6. The van der Waals surface area contributed by atoms with Crippen LogP contribution in [-0.2, 0) is 4.79 Å². The maximum Gasteiger partial charge on any atom is 0.302 e. The second kappa shape index (κ2) is 7.37. The van der Waals surface area contributed by atoms with Crippen LogP contribution in [0, 0.1) is 6.92 Å². The number of hydrogen-bond donors (Lipinski definition) is 2. The first-order valence-electron chi connectivity index (χ1n) is 7.28. The number of aromatic amines is 1. The molecule has 25 heavy (non-hydrogen) atoms. The van der Waals surface area contributed by atoms with E-state index in [9.17, 15) is 9.90 Å². The number of aryl methyl sites for hydroxylation is 1. The molecule has 0 saturated carbocycles. The number of aromatic nitrogens is 1. The minimum atomic E-state index is -0.552. The van der Waals surface area contributed by atoms with Crippen molar-refractivity contribution in [1.29, 1.82) is 0 Å². The lowest BCUT2D eigenvalue weighted by Gasteiger charge is -2.02. The van der Waals surface area contributed by atoms with Gasteiger partial charge in [-0.25, -0.2) is 0 Å². The monoisotopic (exact) mass is 465 g/mol. The van der Waals surface area contributed by atoms with Gasteiger partial charge in [-0.2, -0.15) is 0 Å². The van der Waals surface area contributed by atoms with E-state index in [1.807, 2.05) is 25.1 Å². The predicted molar refractivity (Wildman–Crippen MR) is 102 cm³/mol. The van der Waals surface area contributed by atoms with E-state index in [4.69, 9.17) is 4.74 Å². The quantitative estimate of drug-likeness (QED) is 0.505. The van der Waals surface area contributed by atoms with E-state index >= 15 is 0 Å². The standard InChI is InChI=1S/C17H13Br2N3O3/c1-9-2-4-11(5-3-9)25-8-14(23)21-22-16-12-6-10(18)7-13(19)15(12)20-17(16)24/h2-7,20,24H,8H2,1H3. The van der Waals surface area contributed by atoms with E-state index in [1.54, 1.807) is 18.2 Å². The minimum Gasteiger partial charge on any atom is -0.493 e. The van der Waals surface area contributed by atoms with E-state index in [0.29, 0.717) is 16.7 Å². The molecular weight excluding hydrogens is 454 g/mol. The van der Waals surface area contributed by atoms with Crippen LogP contribution in [0.3, 0.4) is 0 Å². The largest absolute Gasteiger partial charge is 0.493 e. The molecule has 1 amide bonds. The Labute approximate surface area is 160 Å². The normalized spacial score (nSPS) is 11.3. The van der Waals surface area contributed by atoms with Crippen molar-refractivity contribution in [3.05, 3.63) is 50.9 Å². The number of nitrogens with zero attached hydrogens (tertiary/aromatic N) is 2. The molecule has 1 heterocycles. The van der Waals surface area contributed by atoms with Gasteiger partial charge in [0.25, 0.3) is 0 Å². The average Bonchev–Trinajstić information content (AvgIpc) is 2.88. The van der Waals surface area contributed by atoms with E-state index in [2.05, 4.69) is 47.1 Å². The smallest absolute Gasteiger partial charge is 0.302 e. The molecule has 3 aromatic rings. The molecule has 0 bridgehead atoms.